The van der Waals surface area contributed by atoms with Gasteiger partial charge in [-0.15, -0.1) is 0 Å². The first-order chi connectivity index (χ1) is 11.8. The lowest BCUT2D eigenvalue weighted by Crippen LogP contribution is -2.35. The molecule has 2 unspecified atom stereocenters. The molecule has 0 fully saturated rings. The molecular formula is C17H27ClN4O3. The van der Waals surface area contributed by atoms with Crippen LogP contribution >= 0.6 is 11.6 Å². The number of nitrogens with zero attached hydrogens (tertiary/aromatic N) is 2. The Balaban J connectivity index is 2.90. The van der Waals surface area contributed by atoms with Gasteiger partial charge >= 0.3 is 0 Å². The van der Waals surface area contributed by atoms with Crippen LogP contribution in [-0.4, -0.2) is 49.1 Å². The van der Waals surface area contributed by atoms with Crippen LogP contribution in [0.2, 0.25) is 5.02 Å². The van der Waals surface area contributed by atoms with E-state index in [1.807, 2.05) is 0 Å². The van der Waals surface area contributed by atoms with Gasteiger partial charge in [-0.05, 0) is 33.0 Å². The Bertz CT molecular complexity index is 594. The number of hydrogen-bond acceptors (Lipinski definition) is 6. The molecule has 0 saturated heterocycles. The van der Waals surface area contributed by atoms with Gasteiger partial charge in [-0.2, -0.15) is 4.91 Å². The Hall–Kier alpha value is -1.86. The number of benzene rings is 1. The molecule has 8 heteroatoms. The summed E-state index contributed by atoms with van der Waals surface area (Å²) < 4.78 is 5.72. The van der Waals surface area contributed by atoms with Crippen molar-refractivity contribution in [3.05, 3.63) is 27.6 Å². The lowest BCUT2D eigenvalue weighted by Gasteiger charge is -2.20. The summed E-state index contributed by atoms with van der Waals surface area (Å²) >= 11 is 6.05. The number of nitrogen functional groups attached to an aromatic ring is 1. The molecule has 2 atom stereocenters. The minimum absolute atomic E-state index is 0.274. The number of ether oxygens (including phenoxy) is 1. The smallest absolute Gasteiger partial charge is 0.255 e. The van der Waals surface area contributed by atoms with Gasteiger partial charge in [-0.25, -0.2) is 0 Å². The molecule has 7 nitrogen and oxygen atoms in total. The normalized spacial score (nSPS) is 13.4. The molecule has 0 aromatic heterocycles. The second-order valence-electron chi connectivity index (χ2n) is 5.82. The van der Waals surface area contributed by atoms with Crippen LogP contribution in [-0.2, 0) is 0 Å². The minimum atomic E-state index is -0.560. The molecular weight excluding hydrogens is 344 g/mol. The first-order valence-electron chi connectivity index (χ1n) is 8.42. The number of amides is 1. The number of hydrogen-bond donors (Lipinski definition) is 2. The number of rotatable bonds is 10. The summed E-state index contributed by atoms with van der Waals surface area (Å²) in [7, 11) is 0. The fourth-order valence-corrected chi connectivity index (χ4v) is 2.35. The number of halogens is 1. The Morgan fingerprint density at radius 2 is 2.00 bits per heavy atom. The van der Waals surface area contributed by atoms with Gasteiger partial charge in [0, 0.05) is 19.2 Å². The van der Waals surface area contributed by atoms with Crippen LogP contribution in [0.1, 0.15) is 38.1 Å². The van der Waals surface area contributed by atoms with Gasteiger partial charge < -0.3 is 20.7 Å². The Kier molecular flexibility index (Phi) is 8.65. The van der Waals surface area contributed by atoms with E-state index in [-0.39, 0.29) is 22.2 Å². The van der Waals surface area contributed by atoms with Crippen molar-refractivity contribution in [3.8, 4) is 5.75 Å². The zero-order valence-electron chi connectivity index (χ0n) is 15.2. The fraction of sp³-hybridized carbons (Fsp3) is 0.588. The molecule has 0 saturated carbocycles. The monoisotopic (exact) mass is 370 g/mol. The van der Waals surface area contributed by atoms with Gasteiger partial charge in [0.25, 0.3) is 5.91 Å². The summed E-state index contributed by atoms with van der Waals surface area (Å²) in [5.41, 5.74) is 6.40. The molecule has 1 aromatic rings. The molecule has 1 amide bonds. The average molecular weight is 371 g/mol. The van der Waals surface area contributed by atoms with Crippen molar-refractivity contribution in [1.29, 1.82) is 0 Å². The standard InChI is InChI=1S/C17H27ClN4O3/c1-5-22(6-2)8-7-20-17(23)13-9-14(18)15(19)10-16(13)25-12(4)11(3)21-24/h9-12H,5-8,19H2,1-4H3,(H,20,23). The highest BCUT2D eigenvalue weighted by Crippen LogP contribution is 2.30. The van der Waals surface area contributed by atoms with Crippen LogP contribution in [0.25, 0.3) is 0 Å². The number of nitrogens with two attached hydrogens (primary N) is 1. The molecule has 0 aliphatic carbocycles. The summed E-state index contributed by atoms with van der Waals surface area (Å²) in [4.78, 5) is 25.4. The lowest BCUT2D eigenvalue weighted by molar-refractivity contribution is 0.0941. The molecule has 0 spiro atoms. The second kappa shape index (κ2) is 10.2. The molecule has 1 aromatic carbocycles. The number of anilines is 1. The molecule has 0 bridgehead atoms. The van der Waals surface area contributed by atoms with Crippen LogP contribution in [0.5, 0.6) is 5.75 Å². The van der Waals surface area contributed by atoms with Gasteiger partial charge in [-0.3, -0.25) is 4.79 Å². The predicted octanol–water partition coefficient (Wildman–Crippen LogP) is 2.92. The Morgan fingerprint density at radius 3 is 2.56 bits per heavy atom. The van der Waals surface area contributed by atoms with Crippen molar-refractivity contribution in [2.24, 2.45) is 5.18 Å². The van der Waals surface area contributed by atoms with Crippen LogP contribution in [0.4, 0.5) is 5.69 Å². The molecule has 0 aliphatic rings. The lowest BCUT2D eigenvalue weighted by atomic mass is 10.1. The average Bonchev–Trinajstić information content (AvgIpc) is 2.60. The first kappa shape index (κ1) is 21.2. The maximum atomic E-state index is 12.5. The third-order valence-electron chi connectivity index (χ3n) is 4.11. The van der Waals surface area contributed by atoms with Crippen molar-refractivity contribution in [2.75, 3.05) is 31.9 Å². The summed E-state index contributed by atoms with van der Waals surface area (Å²) in [6, 6.07) is 2.41. The van der Waals surface area contributed by atoms with Gasteiger partial charge in [0.1, 0.15) is 17.9 Å². The maximum Gasteiger partial charge on any atom is 0.255 e. The predicted molar refractivity (Wildman–Crippen MR) is 101 cm³/mol. The molecule has 0 heterocycles. The van der Waals surface area contributed by atoms with Gasteiger partial charge in [0.15, 0.2) is 0 Å². The van der Waals surface area contributed by atoms with Crippen molar-refractivity contribution >= 4 is 23.2 Å². The quantitative estimate of drug-likeness (QED) is 0.487. The molecule has 140 valence electrons. The third-order valence-corrected chi connectivity index (χ3v) is 4.44. The van der Waals surface area contributed by atoms with Gasteiger partial charge in [0.05, 0.1) is 16.3 Å². The molecule has 1 rings (SSSR count). The van der Waals surface area contributed by atoms with E-state index in [0.29, 0.717) is 12.2 Å². The van der Waals surface area contributed by atoms with Crippen molar-refractivity contribution in [3.63, 3.8) is 0 Å². The summed E-state index contributed by atoms with van der Waals surface area (Å²) in [5.74, 6) is -0.0202. The van der Waals surface area contributed by atoms with E-state index in [1.165, 1.54) is 12.1 Å². The molecule has 0 aliphatic heterocycles. The number of nitrogens with one attached hydrogen (secondary N) is 1. The Labute approximate surface area is 153 Å². The second-order valence-corrected chi connectivity index (χ2v) is 6.23. The molecule has 0 radical (unpaired) electrons. The van der Waals surface area contributed by atoms with E-state index in [1.54, 1.807) is 13.8 Å². The molecule has 25 heavy (non-hydrogen) atoms. The first-order valence-corrected chi connectivity index (χ1v) is 8.80. The molecule has 3 N–H and O–H groups in total. The van der Waals surface area contributed by atoms with E-state index in [0.717, 1.165) is 19.6 Å². The van der Waals surface area contributed by atoms with E-state index < -0.39 is 12.1 Å². The van der Waals surface area contributed by atoms with Crippen LogP contribution in [0.3, 0.4) is 0 Å². The zero-order chi connectivity index (χ0) is 19.0. The van der Waals surface area contributed by atoms with E-state index >= 15 is 0 Å². The van der Waals surface area contributed by atoms with Crippen LogP contribution in [0, 0.1) is 4.91 Å². The highest BCUT2D eigenvalue weighted by atomic mass is 35.5. The van der Waals surface area contributed by atoms with E-state index in [2.05, 4.69) is 29.2 Å². The Morgan fingerprint density at radius 1 is 1.36 bits per heavy atom. The SMILES string of the molecule is CCN(CC)CCNC(=O)c1cc(Cl)c(N)cc1OC(C)C(C)N=O. The fourth-order valence-electron chi connectivity index (χ4n) is 2.19. The maximum absolute atomic E-state index is 12.5. The number of nitroso groups, excluding NO2 is 1. The zero-order valence-corrected chi connectivity index (χ0v) is 16.0. The van der Waals surface area contributed by atoms with Gasteiger partial charge in [-0.1, -0.05) is 30.6 Å². The number of likely N-dealkylation sites (N-methyl/N-ethyl adjacent to an activating group) is 1. The number of carbonyl (C=O) groups excluding carboxylic acids is 1. The van der Waals surface area contributed by atoms with E-state index in [9.17, 15) is 9.70 Å². The van der Waals surface area contributed by atoms with Crippen LogP contribution in [0.15, 0.2) is 17.3 Å². The van der Waals surface area contributed by atoms with Crippen molar-refractivity contribution in [1.82, 2.24) is 10.2 Å². The third kappa shape index (κ3) is 6.17. The largest absolute Gasteiger partial charge is 0.487 e. The van der Waals surface area contributed by atoms with E-state index in [4.69, 9.17) is 22.1 Å². The number of carbonyl (C=O) groups is 1. The van der Waals surface area contributed by atoms with Crippen LogP contribution < -0.4 is 15.8 Å². The topological polar surface area (TPSA) is 97.0 Å². The van der Waals surface area contributed by atoms with Crippen molar-refractivity contribution < 1.29 is 9.53 Å². The highest BCUT2D eigenvalue weighted by molar-refractivity contribution is 6.33. The summed E-state index contributed by atoms with van der Waals surface area (Å²) in [5, 5.41) is 6.08. The van der Waals surface area contributed by atoms with Gasteiger partial charge in [0.2, 0.25) is 0 Å². The van der Waals surface area contributed by atoms with Crippen molar-refractivity contribution in [2.45, 2.75) is 39.8 Å². The highest BCUT2D eigenvalue weighted by Gasteiger charge is 2.20. The summed E-state index contributed by atoms with van der Waals surface area (Å²) in [6.45, 7) is 10.6. The summed E-state index contributed by atoms with van der Waals surface area (Å²) in [6.07, 6.45) is -0.500. The minimum Gasteiger partial charge on any atom is -0.487 e.